The van der Waals surface area contributed by atoms with Crippen LogP contribution in [0.2, 0.25) is 0 Å². The molecule has 0 bridgehead atoms. The number of alkyl halides is 3. The van der Waals surface area contributed by atoms with Gasteiger partial charge in [0.2, 0.25) is 0 Å². The predicted molar refractivity (Wildman–Crippen MR) is 78.4 cm³/mol. The Bertz CT molecular complexity index is 459. The van der Waals surface area contributed by atoms with E-state index in [2.05, 4.69) is 5.32 Å². The number of aliphatic hydroxyl groups excluding tert-OH is 1. The van der Waals surface area contributed by atoms with Gasteiger partial charge in [-0.25, -0.2) is 0 Å². The second kappa shape index (κ2) is 7.13. The summed E-state index contributed by atoms with van der Waals surface area (Å²) in [6.45, 7) is 5.96. The molecule has 0 radical (unpaired) electrons. The van der Waals surface area contributed by atoms with Crippen LogP contribution in [0.4, 0.5) is 18.9 Å². The van der Waals surface area contributed by atoms with E-state index in [1.54, 1.807) is 20.0 Å². The third-order valence-electron chi connectivity index (χ3n) is 3.03. The zero-order chi connectivity index (χ0) is 16.2. The molecule has 120 valence electrons. The highest BCUT2D eigenvalue weighted by atomic mass is 19.4. The lowest BCUT2D eigenvalue weighted by molar-refractivity contribution is -0.137. The minimum Gasteiger partial charge on any atom is -0.392 e. The Morgan fingerprint density at radius 2 is 1.86 bits per heavy atom. The van der Waals surface area contributed by atoms with E-state index < -0.39 is 17.8 Å². The normalized spacial score (nSPS) is 13.6. The first-order chi connectivity index (χ1) is 9.61. The number of hydrogen-bond donors (Lipinski definition) is 2. The van der Waals surface area contributed by atoms with Gasteiger partial charge in [0.25, 0.3) is 0 Å². The molecule has 21 heavy (non-hydrogen) atoms. The summed E-state index contributed by atoms with van der Waals surface area (Å²) in [6, 6.07) is 4.52. The van der Waals surface area contributed by atoms with Crippen LogP contribution in [0.15, 0.2) is 18.2 Å². The van der Waals surface area contributed by atoms with Crippen LogP contribution in [0.1, 0.15) is 31.9 Å². The standard InChI is InChI=1S/C15H23F3N2O/c1-10(2)19-8-12-5-6-14(20(4)9-11(3)21)13(7-12)15(16,17)18/h5-7,10-11,19,21H,8-9H2,1-4H3. The Labute approximate surface area is 123 Å². The maximum Gasteiger partial charge on any atom is 0.418 e. The molecule has 0 saturated heterocycles. The fourth-order valence-electron chi connectivity index (χ4n) is 2.07. The molecular formula is C15H23F3N2O. The highest BCUT2D eigenvalue weighted by molar-refractivity contribution is 5.56. The zero-order valence-corrected chi connectivity index (χ0v) is 12.8. The smallest absolute Gasteiger partial charge is 0.392 e. The minimum atomic E-state index is -4.42. The summed E-state index contributed by atoms with van der Waals surface area (Å²) in [5.41, 5.74) is -0.00405. The number of halogens is 3. The van der Waals surface area contributed by atoms with Crippen molar-refractivity contribution in [3.05, 3.63) is 29.3 Å². The third kappa shape index (κ3) is 5.55. The summed E-state index contributed by atoms with van der Waals surface area (Å²) < 4.78 is 39.6. The Morgan fingerprint density at radius 1 is 1.24 bits per heavy atom. The van der Waals surface area contributed by atoms with Crippen molar-refractivity contribution in [1.29, 1.82) is 0 Å². The average Bonchev–Trinajstić information content (AvgIpc) is 2.34. The van der Waals surface area contributed by atoms with E-state index in [-0.39, 0.29) is 18.3 Å². The Kier molecular flexibility index (Phi) is 6.04. The number of nitrogens with zero attached hydrogens (tertiary/aromatic N) is 1. The van der Waals surface area contributed by atoms with Crippen molar-refractivity contribution in [2.45, 2.75) is 45.6 Å². The van der Waals surface area contributed by atoms with E-state index in [0.29, 0.717) is 12.1 Å². The van der Waals surface area contributed by atoms with E-state index in [1.807, 2.05) is 13.8 Å². The van der Waals surface area contributed by atoms with E-state index in [4.69, 9.17) is 0 Å². The van der Waals surface area contributed by atoms with Crippen molar-refractivity contribution in [3.8, 4) is 0 Å². The number of rotatable bonds is 6. The van der Waals surface area contributed by atoms with E-state index in [1.165, 1.54) is 17.0 Å². The lowest BCUT2D eigenvalue weighted by Crippen LogP contribution is -2.29. The molecule has 0 aliphatic heterocycles. The van der Waals surface area contributed by atoms with Crippen molar-refractivity contribution >= 4 is 5.69 Å². The number of anilines is 1. The lowest BCUT2D eigenvalue weighted by Gasteiger charge is -2.25. The Morgan fingerprint density at radius 3 is 2.33 bits per heavy atom. The molecule has 0 amide bonds. The van der Waals surface area contributed by atoms with E-state index in [9.17, 15) is 18.3 Å². The first kappa shape index (κ1) is 17.8. The molecule has 0 heterocycles. The summed E-state index contributed by atoms with van der Waals surface area (Å²) in [5.74, 6) is 0. The second-order valence-corrected chi connectivity index (χ2v) is 5.61. The van der Waals surface area contributed by atoms with Gasteiger partial charge in [0.05, 0.1) is 11.7 Å². The van der Waals surface area contributed by atoms with Crippen molar-refractivity contribution in [1.82, 2.24) is 5.32 Å². The minimum absolute atomic E-state index is 0.0803. The number of aliphatic hydroxyl groups is 1. The van der Waals surface area contributed by atoms with Crippen molar-refractivity contribution < 1.29 is 18.3 Å². The third-order valence-corrected chi connectivity index (χ3v) is 3.03. The molecule has 0 aliphatic carbocycles. The van der Waals surface area contributed by atoms with Crippen LogP contribution in [0.5, 0.6) is 0 Å². The molecule has 0 aliphatic rings. The predicted octanol–water partition coefficient (Wildman–Crippen LogP) is 3.02. The zero-order valence-electron chi connectivity index (χ0n) is 12.8. The molecule has 0 spiro atoms. The largest absolute Gasteiger partial charge is 0.418 e. The number of likely N-dealkylation sites (N-methyl/N-ethyl adjacent to an activating group) is 1. The molecule has 6 heteroatoms. The fraction of sp³-hybridized carbons (Fsp3) is 0.600. The molecule has 0 fully saturated rings. The van der Waals surface area contributed by atoms with E-state index >= 15 is 0 Å². The van der Waals surface area contributed by atoms with Crippen molar-refractivity contribution in [3.63, 3.8) is 0 Å². The summed E-state index contributed by atoms with van der Waals surface area (Å²) in [6.07, 6.45) is -5.12. The maximum absolute atomic E-state index is 13.2. The fourth-order valence-corrected chi connectivity index (χ4v) is 2.07. The van der Waals surface area contributed by atoms with Gasteiger partial charge >= 0.3 is 6.18 Å². The molecule has 3 nitrogen and oxygen atoms in total. The van der Waals surface area contributed by atoms with Crippen LogP contribution < -0.4 is 10.2 Å². The quantitative estimate of drug-likeness (QED) is 0.848. The summed E-state index contributed by atoms with van der Waals surface area (Å²) in [4.78, 5) is 1.42. The van der Waals surface area contributed by atoms with Crippen LogP contribution in [0.3, 0.4) is 0 Å². The second-order valence-electron chi connectivity index (χ2n) is 5.61. The topological polar surface area (TPSA) is 35.5 Å². The van der Waals surface area contributed by atoms with Gasteiger partial charge in [0, 0.05) is 31.9 Å². The number of nitrogens with one attached hydrogen (secondary N) is 1. The van der Waals surface area contributed by atoms with E-state index in [0.717, 1.165) is 0 Å². The molecule has 2 N–H and O–H groups in total. The number of benzene rings is 1. The highest BCUT2D eigenvalue weighted by Gasteiger charge is 2.34. The van der Waals surface area contributed by atoms with Crippen LogP contribution in [-0.2, 0) is 12.7 Å². The molecular weight excluding hydrogens is 281 g/mol. The average molecular weight is 304 g/mol. The lowest BCUT2D eigenvalue weighted by atomic mass is 10.1. The maximum atomic E-state index is 13.2. The van der Waals surface area contributed by atoms with Gasteiger partial charge in [-0.15, -0.1) is 0 Å². The molecule has 1 aromatic carbocycles. The van der Waals surface area contributed by atoms with Gasteiger partial charge < -0.3 is 15.3 Å². The molecule has 1 rings (SSSR count). The molecule has 1 aromatic rings. The van der Waals surface area contributed by atoms with Crippen LogP contribution >= 0.6 is 0 Å². The molecule has 0 saturated carbocycles. The van der Waals surface area contributed by atoms with Gasteiger partial charge in [0.15, 0.2) is 0 Å². The number of hydrogen-bond acceptors (Lipinski definition) is 3. The van der Waals surface area contributed by atoms with Gasteiger partial charge in [-0.3, -0.25) is 0 Å². The Balaban J connectivity index is 3.08. The Hall–Kier alpha value is -1.27. The SMILES string of the molecule is CC(O)CN(C)c1ccc(CNC(C)C)cc1C(F)(F)F. The highest BCUT2D eigenvalue weighted by Crippen LogP contribution is 2.37. The van der Waals surface area contributed by atoms with Gasteiger partial charge in [0.1, 0.15) is 0 Å². The summed E-state index contributed by atoms with van der Waals surface area (Å²) >= 11 is 0. The van der Waals surface area contributed by atoms with Crippen molar-refractivity contribution in [2.75, 3.05) is 18.5 Å². The van der Waals surface area contributed by atoms with Crippen LogP contribution in [0, 0.1) is 0 Å². The first-order valence-electron chi connectivity index (χ1n) is 6.94. The first-order valence-corrected chi connectivity index (χ1v) is 6.94. The van der Waals surface area contributed by atoms with Crippen molar-refractivity contribution in [2.24, 2.45) is 0 Å². The molecule has 0 aromatic heterocycles. The van der Waals surface area contributed by atoms with Gasteiger partial charge in [-0.2, -0.15) is 13.2 Å². The molecule has 1 unspecified atom stereocenters. The van der Waals surface area contributed by atoms with Gasteiger partial charge in [-0.1, -0.05) is 19.9 Å². The van der Waals surface area contributed by atoms with Crippen LogP contribution in [-0.4, -0.2) is 30.8 Å². The summed E-state index contributed by atoms with van der Waals surface area (Å²) in [5, 5.41) is 12.4. The van der Waals surface area contributed by atoms with Gasteiger partial charge in [-0.05, 0) is 24.6 Å². The molecule has 1 atom stereocenters. The van der Waals surface area contributed by atoms with Crippen LogP contribution in [0.25, 0.3) is 0 Å². The summed E-state index contributed by atoms with van der Waals surface area (Å²) in [7, 11) is 1.54. The monoisotopic (exact) mass is 304 g/mol.